The van der Waals surface area contributed by atoms with Gasteiger partial charge in [0.2, 0.25) is 0 Å². The third-order valence-electron chi connectivity index (χ3n) is 3.81. The monoisotopic (exact) mass is 269 g/mol. The van der Waals surface area contributed by atoms with Crippen molar-refractivity contribution in [2.75, 3.05) is 0 Å². The van der Waals surface area contributed by atoms with Crippen molar-refractivity contribution in [3.63, 3.8) is 0 Å². The Morgan fingerprint density at radius 1 is 1.05 bits per heavy atom. The maximum atomic E-state index is 13.8. The molecule has 3 rings (SSSR count). The second-order valence-electron chi connectivity index (χ2n) is 4.92. The van der Waals surface area contributed by atoms with Crippen LogP contribution in [-0.4, -0.2) is 9.67 Å². The van der Waals surface area contributed by atoms with E-state index in [1.165, 1.54) is 6.07 Å². The molecule has 0 radical (unpaired) electrons. The molecule has 0 aliphatic heterocycles. The van der Waals surface area contributed by atoms with E-state index in [-0.39, 0.29) is 12.4 Å². The van der Waals surface area contributed by atoms with E-state index < -0.39 is 0 Å². The summed E-state index contributed by atoms with van der Waals surface area (Å²) in [4.78, 5) is 0. The van der Waals surface area contributed by atoms with Crippen molar-refractivity contribution < 1.29 is 9.50 Å². The molecule has 3 aromatic rings. The minimum Gasteiger partial charge on any atom is -0.392 e. The lowest BCUT2D eigenvalue weighted by molar-refractivity contribution is 0.282. The molecule has 3 heteroatoms. The van der Waals surface area contributed by atoms with Gasteiger partial charge in [0, 0.05) is 27.7 Å². The number of para-hydroxylation sites is 1. The lowest BCUT2D eigenvalue weighted by Gasteiger charge is -2.09. The van der Waals surface area contributed by atoms with E-state index in [1.807, 2.05) is 37.3 Å². The van der Waals surface area contributed by atoms with Gasteiger partial charge in [0.05, 0.1) is 13.2 Å². The molecule has 0 spiro atoms. The van der Waals surface area contributed by atoms with Crippen LogP contribution < -0.4 is 0 Å². The van der Waals surface area contributed by atoms with Gasteiger partial charge in [0.15, 0.2) is 0 Å². The lowest BCUT2D eigenvalue weighted by Crippen LogP contribution is -2.04. The summed E-state index contributed by atoms with van der Waals surface area (Å²) in [5, 5.41) is 10.6. The predicted molar refractivity (Wildman–Crippen MR) is 78.1 cm³/mol. The molecule has 1 aromatic heterocycles. The van der Waals surface area contributed by atoms with Crippen LogP contribution in [0.15, 0.2) is 48.5 Å². The third kappa shape index (κ3) is 2.00. The number of aliphatic hydroxyl groups is 1. The van der Waals surface area contributed by atoms with E-state index in [9.17, 15) is 9.50 Å². The van der Waals surface area contributed by atoms with E-state index in [0.29, 0.717) is 12.1 Å². The molecule has 0 amide bonds. The lowest BCUT2D eigenvalue weighted by atomic mass is 10.1. The van der Waals surface area contributed by atoms with E-state index >= 15 is 0 Å². The quantitative estimate of drug-likeness (QED) is 0.771. The summed E-state index contributed by atoms with van der Waals surface area (Å²) in [5.41, 5.74) is 3.58. The molecule has 0 aliphatic rings. The molecule has 102 valence electrons. The summed E-state index contributed by atoms with van der Waals surface area (Å²) in [7, 11) is 0. The molecule has 20 heavy (non-hydrogen) atoms. The zero-order valence-electron chi connectivity index (χ0n) is 11.3. The molecular weight excluding hydrogens is 253 g/mol. The molecule has 0 bridgehead atoms. The first-order valence-corrected chi connectivity index (χ1v) is 6.63. The van der Waals surface area contributed by atoms with Crippen LogP contribution in [-0.2, 0) is 13.2 Å². The molecular formula is C17H16FNO. The van der Waals surface area contributed by atoms with Gasteiger partial charge in [-0.1, -0.05) is 36.4 Å². The first kappa shape index (κ1) is 12.9. The molecule has 1 heterocycles. The van der Waals surface area contributed by atoms with E-state index in [0.717, 1.165) is 22.2 Å². The predicted octanol–water partition coefficient (Wildman–Crippen LogP) is 3.63. The number of aliphatic hydroxyl groups excluding tert-OH is 1. The van der Waals surface area contributed by atoms with E-state index in [1.54, 1.807) is 12.1 Å². The minimum atomic E-state index is -0.199. The summed E-state index contributed by atoms with van der Waals surface area (Å²) in [5.74, 6) is -0.199. The van der Waals surface area contributed by atoms with Crippen LogP contribution >= 0.6 is 0 Å². The smallest absolute Gasteiger partial charge is 0.128 e. The highest BCUT2D eigenvalue weighted by atomic mass is 19.1. The number of hydrogen-bond acceptors (Lipinski definition) is 1. The van der Waals surface area contributed by atoms with Crippen molar-refractivity contribution in [3.8, 4) is 0 Å². The Morgan fingerprint density at radius 2 is 1.75 bits per heavy atom. The minimum absolute atomic E-state index is 0.00335. The maximum absolute atomic E-state index is 13.8. The van der Waals surface area contributed by atoms with Gasteiger partial charge in [-0.25, -0.2) is 4.39 Å². The van der Waals surface area contributed by atoms with Gasteiger partial charge >= 0.3 is 0 Å². The van der Waals surface area contributed by atoms with Crippen LogP contribution in [0.25, 0.3) is 10.9 Å². The number of halogens is 1. The summed E-state index contributed by atoms with van der Waals surface area (Å²) in [6.07, 6.45) is 0. The molecule has 0 fully saturated rings. The summed E-state index contributed by atoms with van der Waals surface area (Å²) < 4.78 is 15.9. The third-order valence-corrected chi connectivity index (χ3v) is 3.81. The van der Waals surface area contributed by atoms with Gasteiger partial charge in [-0.3, -0.25) is 0 Å². The van der Waals surface area contributed by atoms with Crippen LogP contribution in [0.4, 0.5) is 4.39 Å². The van der Waals surface area contributed by atoms with Gasteiger partial charge in [0.1, 0.15) is 5.82 Å². The van der Waals surface area contributed by atoms with Crippen molar-refractivity contribution in [2.24, 2.45) is 0 Å². The van der Waals surface area contributed by atoms with Gasteiger partial charge < -0.3 is 9.67 Å². The van der Waals surface area contributed by atoms with Crippen molar-refractivity contribution >= 4 is 10.9 Å². The normalized spacial score (nSPS) is 11.2. The van der Waals surface area contributed by atoms with Crippen LogP contribution in [0.2, 0.25) is 0 Å². The maximum Gasteiger partial charge on any atom is 0.128 e. The number of fused-ring (bicyclic) bond motifs is 1. The summed E-state index contributed by atoms with van der Waals surface area (Å²) >= 11 is 0. The summed E-state index contributed by atoms with van der Waals surface area (Å²) in [6.45, 7) is 2.43. The Bertz CT molecular complexity index is 761. The second-order valence-corrected chi connectivity index (χ2v) is 4.92. The molecule has 1 N–H and O–H groups in total. The number of rotatable bonds is 3. The standard InChI is InChI=1S/C17H16FNO/c1-12-15(11-20)14-7-3-5-9-17(14)19(12)10-13-6-2-4-8-16(13)18/h2-9,20H,10-11H2,1H3. The molecule has 0 saturated heterocycles. The first-order valence-electron chi connectivity index (χ1n) is 6.63. The highest BCUT2D eigenvalue weighted by molar-refractivity contribution is 5.85. The van der Waals surface area contributed by atoms with Crippen molar-refractivity contribution in [1.29, 1.82) is 0 Å². The SMILES string of the molecule is Cc1c(CO)c2ccccc2n1Cc1ccccc1F. The molecule has 0 aliphatic carbocycles. The second kappa shape index (κ2) is 5.10. The van der Waals surface area contributed by atoms with Crippen LogP contribution in [0, 0.1) is 12.7 Å². The Balaban J connectivity index is 2.17. The molecule has 2 aromatic carbocycles. The Morgan fingerprint density at radius 3 is 2.50 bits per heavy atom. The Hall–Kier alpha value is -2.13. The fourth-order valence-corrected chi connectivity index (χ4v) is 2.70. The zero-order chi connectivity index (χ0) is 14.1. The van der Waals surface area contributed by atoms with E-state index in [2.05, 4.69) is 4.57 Å². The average molecular weight is 269 g/mol. The van der Waals surface area contributed by atoms with Crippen LogP contribution in [0.5, 0.6) is 0 Å². The number of hydrogen-bond donors (Lipinski definition) is 1. The molecule has 2 nitrogen and oxygen atoms in total. The summed E-state index contributed by atoms with van der Waals surface area (Å²) in [6, 6.07) is 14.7. The van der Waals surface area contributed by atoms with Crippen LogP contribution in [0.1, 0.15) is 16.8 Å². The van der Waals surface area contributed by atoms with Gasteiger partial charge in [-0.15, -0.1) is 0 Å². The molecule has 0 unspecified atom stereocenters. The largest absolute Gasteiger partial charge is 0.392 e. The first-order chi connectivity index (χ1) is 9.72. The van der Waals surface area contributed by atoms with E-state index in [4.69, 9.17) is 0 Å². The highest BCUT2D eigenvalue weighted by Crippen LogP contribution is 2.27. The fourth-order valence-electron chi connectivity index (χ4n) is 2.70. The van der Waals surface area contributed by atoms with Crippen LogP contribution in [0.3, 0.4) is 0 Å². The van der Waals surface area contributed by atoms with Crippen molar-refractivity contribution in [2.45, 2.75) is 20.1 Å². The molecule has 0 atom stereocenters. The Kier molecular flexibility index (Phi) is 3.28. The number of aromatic nitrogens is 1. The molecule has 0 saturated carbocycles. The van der Waals surface area contributed by atoms with Gasteiger partial charge in [-0.2, -0.15) is 0 Å². The number of benzene rings is 2. The fraction of sp³-hybridized carbons (Fsp3) is 0.176. The zero-order valence-corrected chi connectivity index (χ0v) is 11.3. The number of nitrogens with zero attached hydrogens (tertiary/aromatic N) is 1. The average Bonchev–Trinajstić information content (AvgIpc) is 2.74. The van der Waals surface area contributed by atoms with Gasteiger partial charge in [-0.05, 0) is 19.1 Å². The van der Waals surface area contributed by atoms with Crippen molar-refractivity contribution in [3.05, 3.63) is 71.2 Å². The van der Waals surface area contributed by atoms with Gasteiger partial charge in [0.25, 0.3) is 0 Å². The topological polar surface area (TPSA) is 25.2 Å². The Labute approximate surface area is 117 Å². The highest BCUT2D eigenvalue weighted by Gasteiger charge is 2.13. The van der Waals surface area contributed by atoms with Crippen molar-refractivity contribution in [1.82, 2.24) is 4.57 Å².